The van der Waals surface area contributed by atoms with Gasteiger partial charge in [0.25, 0.3) is 5.91 Å². The van der Waals surface area contributed by atoms with E-state index in [4.69, 9.17) is 10.5 Å². The lowest BCUT2D eigenvalue weighted by molar-refractivity contribution is -0.144. The molecule has 0 aliphatic heterocycles. The number of nitrogens with one attached hydrogen (secondary N) is 1. The fraction of sp³-hybridized carbons (Fsp3) is 0.316. The van der Waals surface area contributed by atoms with E-state index in [0.29, 0.717) is 5.56 Å². The molecule has 0 aliphatic rings. The third-order valence-electron chi connectivity index (χ3n) is 3.97. The zero-order valence-electron chi connectivity index (χ0n) is 14.3. The molecule has 0 saturated heterocycles. The van der Waals surface area contributed by atoms with Gasteiger partial charge in [-0.05, 0) is 35.7 Å². The molecule has 6 heteroatoms. The highest BCUT2D eigenvalue weighted by Crippen LogP contribution is 2.16. The summed E-state index contributed by atoms with van der Waals surface area (Å²) in [5, 5.41) is 4.56. The number of carbonyl (C=O) groups excluding carboxylic acids is 3. The lowest BCUT2D eigenvalue weighted by Crippen LogP contribution is -2.49. The van der Waals surface area contributed by atoms with Crippen molar-refractivity contribution in [3.05, 3.63) is 48.0 Å². The molecule has 0 spiro atoms. The highest BCUT2D eigenvalue weighted by atomic mass is 16.5. The van der Waals surface area contributed by atoms with Crippen molar-refractivity contribution in [3.8, 4) is 0 Å². The quantitative estimate of drug-likeness (QED) is 0.752. The van der Waals surface area contributed by atoms with E-state index < -0.39 is 29.7 Å². The second-order valence-electron chi connectivity index (χ2n) is 5.90. The van der Waals surface area contributed by atoms with Crippen LogP contribution in [0.5, 0.6) is 0 Å². The Morgan fingerprint density at radius 1 is 1.12 bits per heavy atom. The molecule has 0 aliphatic carbocycles. The van der Waals surface area contributed by atoms with Gasteiger partial charge in [0.2, 0.25) is 5.91 Å². The lowest BCUT2D eigenvalue weighted by Gasteiger charge is -2.21. The molecule has 6 nitrogen and oxygen atoms in total. The summed E-state index contributed by atoms with van der Waals surface area (Å²) in [6, 6.07) is 12.0. The molecular formula is C19H22N2O4. The van der Waals surface area contributed by atoms with Gasteiger partial charge in [0, 0.05) is 5.56 Å². The van der Waals surface area contributed by atoms with E-state index in [1.165, 1.54) is 0 Å². The van der Waals surface area contributed by atoms with Gasteiger partial charge in [-0.3, -0.25) is 14.4 Å². The molecular weight excluding hydrogens is 320 g/mol. The van der Waals surface area contributed by atoms with Crippen LogP contribution in [0.3, 0.4) is 0 Å². The Labute approximate surface area is 146 Å². The number of carbonyl (C=O) groups is 3. The summed E-state index contributed by atoms with van der Waals surface area (Å²) in [6.07, 6.45) is -0.000549. The Kier molecular flexibility index (Phi) is 6.11. The Balaban J connectivity index is 2.13. The van der Waals surface area contributed by atoms with Crippen molar-refractivity contribution >= 4 is 28.6 Å². The van der Waals surface area contributed by atoms with Gasteiger partial charge in [0.1, 0.15) is 6.04 Å². The summed E-state index contributed by atoms with van der Waals surface area (Å²) in [7, 11) is 0. The van der Waals surface area contributed by atoms with Crippen LogP contribution in [0.2, 0.25) is 0 Å². The van der Waals surface area contributed by atoms with Crippen molar-refractivity contribution < 1.29 is 19.1 Å². The molecule has 2 aromatic rings. The van der Waals surface area contributed by atoms with Gasteiger partial charge >= 0.3 is 5.97 Å². The number of ether oxygens (including phenoxy) is 1. The minimum Gasteiger partial charge on any atom is -0.466 e. The maximum Gasteiger partial charge on any atom is 0.306 e. The number of hydrogen-bond acceptors (Lipinski definition) is 4. The zero-order chi connectivity index (χ0) is 18.4. The molecule has 2 aromatic carbocycles. The van der Waals surface area contributed by atoms with Gasteiger partial charge in [-0.15, -0.1) is 0 Å². The molecule has 0 heterocycles. The molecule has 2 rings (SSSR count). The maximum atomic E-state index is 12.5. The number of rotatable bonds is 7. The Bertz CT molecular complexity index is 788. The van der Waals surface area contributed by atoms with Crippen molar-refractivity contribution in [2.75, 3.05) is 6.61 Å². The van der Waals surface area contributed by atoms with E-state index in [1.54, 1.807) is 26.0 Å². The van der Waals surface area contributed by atoms with Crippen LogP contribution in [0.15, 0.2) is 42.5 Å². The normalized spacial score (nSPS) is 13.0. The van der Waals surface area contributed by atoms with Crippen LogP contribution in [0.25, 0.3) is 10.8 Å². The van der Waals surface area contributed by atoms with E-state index >= 15 is 0 Å². The summed E-state index contributed by atoms with van der Waals surface area (Å²) < 4.78 is 4.88. The number of benzene rings is 2. The maximum absolute atomic E-state index is 12.5. The summed E-state index contributed by atoms with van der Waals surface area (Å²) in [4.78, 5) is 35.8. The molecule has 0 aromatic heterocycles. The first kappa shape index (κ1) is 18.4. The van der Waals surface area contributed by atoms with Crippen molar-refractivity contribution in [1.82, 2.24) is 5.32 Å². The van der Waals surface area contributed by atoms with Crippen molar-refractivity contribution in [2.45, 2.75) is 26.3 Å². The molecule has 0 radical (unpaired) electrons. The number of primary amides is 1. The second kappa shape index (κ2) is 8.28. The molecule has 0 bridgehead atoms. The first-order valence-electron chi connectivity index (χ1n) is 8.17. The average molecular weight is 342 g/mol. The molecule has 2 atom stereocenters. The van der Waals surface area contributed by atoms with Crippen LogP contribution in [0.1, 0.15) is 30.6 Å². The number of amides is 2. The minimum absolute atomic E-state index is 0.000549. The Hall–Kier alpha value is -2.89. The zero-order valence-corrected chi connectivity index (χ0v) is 14.3. The predicted octanol–water partition coefficient (Wildman–Crippen LogP) is 2.01. The van der Waals surface area contributed by atoms with Crippen LogP contribution in [-0.4, -0.2) is 30.4 Å². The van der Waals surface area contributed by atoms with Crippen LogP contribution in [0.4, 0.5) is 0 Å². The van der Waals surface area contributed by atoms with Crippen molar-refractivity contribution in [3.63, 3.8) is 0 Å². The van der Waals surface area contributed by atoms with Crippen molar-refractivity contribution in [1.29, 1.82) is 0 Å². The van der Waals surface area contributed by atoms with Gasteiger partial charge in [-0.25, -0.2) is 0 Å². The van der Waals surface area contributed by atoms with E-state index in [9.17, 15) is 14.4 Å². The first-order valence-corrected chi connectivity index (χ1v) is 8.17. The molecule has 0 saturated carbocycles. The summed E-state index contributed by atoms with van der Waals surface area (Å²) >= 11 is 0. The Morgan fingerprint density at radius 3 is 2.44 bits per heavy atom. The van der Waals surface area contributed by atoms with Crippen LogP contribution >= 0.6 is 0 Å². The monoisotopic (exact) mass is 342 g/mol. The fourth-order valence-corrected chi connectivity index (χ4v) is 2.65. The third kappa shape index (κ3) is 4.79. The molecule has 132 valence electrons. The smallest absolute Gasteiger partial charge is 0.306 e. The lowest BCUT2D eigenvalue weighted by atomic mass is 9.97. The highest BCUT2D eigenvalue weighted by Gasteiger charge is 2.27. The average Bonchev–Trinajstić information content (AvgIpc) is 2.58. The number of esters is 1. The largest absolute Gasteiger partial charge is 0.466 e. The van der Waals surface area contributed by atoms with Gasteiger partial charge in [0.15, 0.2) is 0 Å². The van der Waals surface area contributed by atoms with E-state index in [2.05, 4.69) is 5.32 Å². The van der Waals surface area contributed by atoms with E-state index in [0.717, 1.165) is 10.8 Å². The fourth-order valence-electron chi connectivity index (χ4n) is 2.65. The topological polar surface area (TPSA) is 98.5 Å². The van der Waals surface area contributed by atoms with E-state index in [1.807, 2.05) is 30.3 Å². The number of hydrogen-bond donors (Lipinski definition) is 2. The first-order chi connectivity index (χ1) is 11.9. The highest BCUT2D eigenvalue weighted by molar-refractivity contribution is 6.00. The molecule has 3 N–H and O–H groups in total. The SMILES string of the molecule is CCOC(=O)C[C@@H](C)[C@H](NC(=O)c1ccc2ccccc2c1)C(N)=O. The minimum atomic E-state index is -0.955. The van der Waals surface area contributed by atoms with Crippen molar-refractivity contribution in [2.24, 2.45) is 11.7 Å². The van der Waals surface area contributed by atoms with Gasteiger partial charge in [0.05, 0.1) is 13.0 Å². The van der Waals surface area contributed by atoms with Gasteiger partial charge < -0.3 is 15.8 Å². The van der Waals surface area contributed by atoms with Gasteiger partial charge in [-0.1, -0.05) is 37.3 Å². The third-order valence-corrected chi connectivity index (χ3v) is 3.97. The molecule has 0 fully saturated rings. The van der Waals surface area contributed by atoms with Crippen LogP contribution < -0.4 is 11.1 Å². The van der Waals surface area contributed by atoms with Gasteiger partial charge in [-0.2, -0.15) is 0 Å². The molecule has 0 unspecified atom stereocenters. The second-order valence-corrected chi connectivity index (χ2v) is 5.90. The van der Waals surface area contributed by atoms with Crippen LogP contribution in [0, 0.1) is 5.92 Å². The van der Waals surface area contributed by atoms with E-state index in [-0.39, 0.29) is 13.0 Å². The number of nitrogens with two attached hydrogens (primary N) is 1. The summed E-state index contributed by atoms with van der Waals surface area (Å²) in [5.74, 6) is -2.00. The molecule has 2 amide bonds. The molecule has 25 heavy (non-hydrogen) atoms. The standard InChI is InChI=1S/C19H22N2O4/c1-3-25-16(22)10-12(2)17(18(20)23)21-19(24)15-9-8-13-6-4-5-7-14(13)11-15/h4-9,11-12,17H,3,10H2,1-2H3,(H2,20,23)(H,21,24)/t12-,17+/m1/s1. The predicted molar refractivity (Wildman–Crippen MR) is 94.8 cm³/mol. The Morgan fingerprint density at radius 2 is 1.80 bits per heavy atom. The number of fused-ring (bicyclic) bond motifs is 1. The summed E-state index contributed by atoms with van der Waals surface area (Å²) in [6.45, 7) is 3.64. The summed E-state index contributed by atoms with van der Waals surface area (Å²) in [5.41, 5.74) is 5.82. The van der Waals surface area contributed by atoms with Crippen LogP contribution in [-0.2, 0) is 14.3 Å².